The Labute approximate surface area is 95.7 Å². The van der Waals surface area contributed by atoms with Gasteiger partial charge in [0.25, 0.3) is 0 Å². The summed E-state index contributed by atoms with van der Waals surface area (Å²) in [5, 5.41) is 8.65. The maximum absolute atomic E-state index is 13.0. The molecule has 0 fully saturated rings. The number of fused-ring (bicyclic) bond motifs is 1. The second-order valence-electron chi connectivity index (χ2n) is 3.61. The Morgan fingerprint density at radius 1 is 1.56 bits per heavy atom. The monoisotopic (exact) mass is 240 g/mol. The lowest BCUT2D eigenvalue weighted by atomic mass is 9.95. The Morgan fingerprint density at radius 2 is 2.31 bits per heavy atom. The number of hydrogen-bond acceptors (Lipinski definition) is 3. The maximum Gasteiger partial charge on any atom is 0.304 e. The van der Waals surface area contributed by atoms with Crippen molar-refractivity contribution < 1.29 is 19.1 Å². The highest BCUT2D eigenvalue weighted by atomic mass is 32.2. The first-order chi connectivity index (χ1) is 7.58. The first kappa shape index (κ1) is 11.1. The Bertz CT molecular complexity index is 459. The fourth-order valence-electron chi connectivity index (χ4n) is 1.67. The zero-order valence-electron chi connectivity index (χ0n) is 8.27. The number of thioether (sulfide) groups is 1. The molecule has 1 atom stereocenters. The van der Waals surface area contributed by atoms with Crippen molar-refractivity contribution >= 4 is 23.5 Å². The van der Waals surface area contributed by atoms with Gasteiger partial charge < -0.3 is 5.11 Å². The Hall–Kier alpha value is -1.36. The molecule has 0 spiro atoms. The van der Waals surface area contributed by atoms with E-state index < -0.39 is 17.7 Å². The molecule has 1 N–H and O–H groups in total. The number of carboxylic acids is 1. The van der Waals surface area contributed by atoms with Gasteiger partial charge in [0.15, 0.2) is 5.78 Å². The largest absolute Gasteiger partial charge is 0.481 e. The van der Waals surface area contributed by atoms with Gasteiger partial charge in [0.05, 0.1) is 6.42 Å². The number of halogens is 1. The number of benzene rings is 1. The maximum atomic E-state index is 13.0. The minimum absolute atomic E-state index is 0.193. The van der Waals surface area contributed by atoms with Crippen molar-refractivity contribution in [2.24, 2.45) is 5.92 Å². The zero-order chi connectivity index (χ0) is 11.7. The van der Waals surface area contributed by atoms with Gasteiger partial charge >= 0.3 is 5.97 Å². The van der Waals surface area contributed by atoms with E-state index in [-0.39, 0.29) is 12.2 Å². The molecule has 1 heterocycles. The second-order valence-corrected chi connectivity index (χ2v) is 4.67. The summed E-state index contributed by atoms with van der Waals surface area (Å²) in [7, 11) is 0. The third-order valence-electron chi connectivity index (χ3n) is 2.44. The molecule has 0 aromatic heterocycles. The average molecular weight is 240 g/mol. The van der Waals surface area contributed by atoms with Crippen molar-refractivity contribution in [1.29, 1.82) is 0 Å². The van der Waals surface area contributed by atoms with Crippen molar-refractivity contribution in [2.45, 2.75) is 11.3 Å². The van der Waals surface area contributed by atoms with E-state index in [1.54, 1.807) is 6.07 Å². The minimum atomic E-state index is -1.00. The molecule has 1 aromatic rings. The summed E-state index contributed by atoms with van der Waals surface area (Å²) in [4.78, 5) is 23.1. The van der Waals surface area contributed by atoms with Gasteiger partial charge in [0, 0.05) is 22.1 Å². The molecule has 1 unspecified atom stereocenters. The van der Waals surface area contributed by atoms with Crippen LogP contribution in [0.5, 0.6) is 0 Å². The van der Waals surface area contributed by atoms with E-state index in [9.17, 15) is 14.0 Å². The van der Waals surface area contributed by atoms with Crippen LogP contribution in [0, 0.1) is 11.7 Å². The highest BCUT2D eigenvalue weighted by molar-refractivity contribution is 7.99. The van der Waals surface area contributed by atoms with Crippen LogP contribution >= 0.6 is 11.8 Å². The lowest BCUT2D eigenvalue weighted by molar-refractivity contribution is -0.137. The summed E-state index contributed by atoms with van der Waals surface area (Å²) < 4.78 is 13.0. The lowest BCUT2D eigenvalue weighted by Crippen LogP contribution is -2.24. The summed E-state index contributed by atoms with van der Waals surface area (Å²) >= 11 is 1.40. The van der Waals surface area contributed by atoms with Crippen LogP contribution in [0.15, 0.2) is 23.1 Å². The minimum Gasteiger partial charge on any atom is -0.481 e. The SMILES string of the molecule is O=C(O)CC1CSc2ccc(F)cc2C1=O. The molecule has 0 radical (unpaired) electrons. The summed E-state index contributed by atoms with van der Waals surface area (Å²) in [6, 6.07) is 4.04. The normalized spacial score (nSPS) is 19.3. The van der Waals surface area contributed by atoms with Gasteiger partial charge in [-0.15, -0.1) is 11.8 Å². The molecule has 0 bridgehead atoms. The van der Waals surface area contributed by atoms with Crippen molar-refractivity contribution in [2.75, 3.05) is 5.75 Å². The first-order valence-electron chi connectivity index (χ1n) is 4.76. The van der Waals surface area contributed by atoms with Crippen molar-refractivity contribution in [3.63, 3.8) is 0 Å². The van der Waals surface area contributed by atoms with Crippen molar-refractivity contribution in [3.05, 3.63) is 29.6 Å². The van der Waals surface area contributed by atoms with E-state index >= 15 is 0 Å². The second kappa shape index (κ2) is 4.25. The van der Waals surface area contributed by atoms with Gasteiger partial charge in [-0.1, -0.05) is 0 Å². The molecule has 3 nitrogen and oxygen atoms in total. The number of carbonyl (C=O) groups is 2. The third-order valence-corrected chi connectivity index (χ3v) is 3.67. The molecule has 0 amide bonds. The fourth-order valence-corrected chi connectivity index (χ4v) is 2.80. The average Bonchev–Trinajstić information content (AvgIpc) is 2.22. The zero-order valence-corrected chi connectivity index (χ0v) is 9.09. The van der Waals surface area contributed by atoms with Gasteiger partial charge in [-0.2, -0.15) is 0 Å². The molecular formula is C11H9FO3S. The number of rotatable bonds is 2. The number of aliphatic carboxylic acids is 1. The molecule has 0 saturated heterocycles. The Kier molecular flexibility index (Phi) is 2.96. The molecule has 1 aromatic carbocycles. The standard InChI is InChI=1S/C11H9FO3S/c12-7-1-2-9-8(4-7)11(15)6(5-16-9)3-10(13)14/h1-2,4,6H,3,5H2,(H,13,14). The van der Waals surface area contributed by atoms with E-state index in [0.717, 1.165) is 4.90 Å². The summed E-state index contributed by atoms with van der Waals surface area (Å²) in [5.41, 5.74) is 0.308. The van der Waals surface area contributed by atoms with Gasteiger partial charge in [-0.3, -0.25) is 9.59 Å². The molecule has 0 aliphatic carbocycles. The van der Waals surface area contributed by atoms with Crippen LogP contribution in [-0.2, 0) is 4.79 Å². The van der Waals surface area contributed by atoms with Crippen LogP contribution in [0.25, 0.3) is 0 Å². The van der Waals surface area contributed by atoms with E-state index in [1.807, 2.05) is 0 Å². The van der Waals surface area contributed by atoms with Gasteiger partial charge in [0.1, 0.15) is 5.82 Å². The molecule has 0 saturated carbocycles. The van der Waals surface area contributed by atoms with Crippen LogP contribution in [-0.4, -0.2) is 22.6 Å². The third kappa shape index (κ3) is 2.09. The summed E-state index contributed by atoms with van der Waals surface area (Å²) in [6.07, 6.45) is -0.193. The number of carbonyl (C=O) groups excluding carboxylic acids is 1. The number of hydrogen-bond donors (Lipinski definition) is 1. The lowest BCUT2D eigenvalue weighted by Gasteiger charge is -2.21. The van der Waals surface area contributed by atoms with E-state index in [4.69, 9.17) is 5.11 Å². The van der Waals surface area contributed by atoms with Crippen LogP contribution in [0.1, 0.15) is 16.8 Å². The topological polar surface area (TPSA) is 54.4 Å². The van der Waals surface area contributed by atoms with Crippen LogP contribution in [0.4, 0.5) is 4.39 Å². The fraction of sp³-hybridized carbons (Fsp3) is 0.273. The summed E-state index contributed by atoms with van der Waals surface area (Å²) in [6.45, 7) is 0. The van der Waals surface area contributed by atoms with Crippen LogP contribution < -0.4 is 0 Å². The molecule has 84 valence electrons. The predicted octanol–water partition coefficient (Wildman–Crippen LogP) is 2.21. The smallest absolute Gasteiger partial charge is 0.304 e. The molecule has 1 aliphatic heterocycles. The summed E-state index contributed by atoms with van der Waals surface area (Å²) in [5.74, 6) is -1.83. The van der Waals surface area contributed by atoms with Gasteiger partial charge in [-0.25, -0.2) is 4.39 Å². The van der Waals surface area contributed by atoms with E-state index in [0.29, 0.717) is 11.3 Å². The highest BCUT2D eigenvalue weighted by Crippen LogP contribution is 2.34. The number of Topliss-reactive ketones (excluding diaryl/α,β-unsaturated/α-hetero) is 1. The van der Waals surface area contributed by atoms with E-state index in [2.05, 4.69) is 0 Å². The van der Waals surface area contributed by atoms with Crippen molar-refractivity contribution in [3.8, 4) is 0 Å². The molecular weight excluding hydrogens is 231 g/mol. The first-order valence-corrected chi connectivity index (χ1v) is 5.75. The molecule has 1 aliphatic rings. The predicted molar refractivity (Wildman–Crippen MR) is 57.2 cm³/mol. The molecule has 5 heteroatoms. The Morgan fingerprint density at radius 3 is 3.00 bits per heavy atom. The quantitative estimate of drug-likeness (QED) is 0.861. The Balaban J connectivity index is 2.30. The van der Waals surface area contributed by atoms with Gasteiger partial charge in [-0.05, 0) is 18.2 Å². The van der Waals surface area contributed by atoms with Crippen LogP contribution in [0.2, 0.25) is 0 Å². The number of ketones is 1. The van der Waals surface area contributed by atoms with E-state index in [1.165, 1.54) is 23.9 Å². The molecule has 2 rings (SSSR count). The van der Waals surface area contributed by atoms with Gasteiger partial charge in [0.2, 0.25) is 0 Å². The molecule has 16 heavy (non-hydrogen) atoms. The van der Waals surface area contributed by atoms with Crippen molar-refractivity contribution in [1.82, 2.24) is 0 Å². The number of carboxylic acid groups (broad SMARTS) is 1. The highest BCUT2D eigenvalue weighted by Gasteiger charge is 2.29. The van der Waals surface area contributed by atoms with Crippen LogP contribution in [0.3, 0.4) is 0 Å².